The van der Waals surface area contributed by atoms with E-state index in [1.54, 1.807) is 30.3 Å². The Hall–Kier alpha value is -3.57. The number of ether oxygens (including phenoxy) is 1. The molecule has 0 bridgehead atoms. The number of para-hydroxylation sites is 1. The smallest absolute Gasteiger partial charge is 0.291 e. The molecule has 0 aliphatic rings. The fourth-order valence-electron chi connectivity index (χ4n) is 3.09. The van der Waals surface area contributed by atoms with Gasteiger partial charge in [0.05, 0.1) is 5.69 Å². The van der Waals surface area contributed by atoms with Gasteiger partial charge in [0.1, 0.15) is 23.9 Å². The molecule has 1 N–H and O–H groups in total. The summed E-state index contributed by atoms with van der Waals surface area (Å²) in [5.74, 6) is 0.296. The van der Waals surface area contributed by atoms with Crippen molar-refractivity contribution in [3.8, 4) is 5.75 Å². The van der Waals surface area contributed by atoms with E-state index in [2.05, 4.69) is 5.32 Å². The molecule has 0 fully saturated rings. The lowest BCUT2D eigenvalue weighted by Gasteiger charge is -2.11. The molecule has 4 aromatic rings. The molecule has 1 aromatic heterocycles. The lowest BCUT2D eigenvalue weighted by atomic mass is 10.1. The molecule has 4 nitrogen and oxygen atoms in total. The topological polar surface area (TPSA) is 51.5 Å². The molecule has 1 heterocycles. The summed E-state index contributed by atoms with van der Waals surface area (Å²) in [6, 6.07) is 24.5. The molecule has 0 aliphatic heterocycles. The Balaban J connectivity index is 1.47. The summed E-state index contributed by atoms with van der Waals surface area (Å²) in [6.45, 7) is 0.421. The molecular formula is C25H19ClFNO3. The minimum atomic E-state index is -0.525. The third kappa shape index (κ3) is 5.32. The lowest BCUT2D eigenvalue weighted by molar-refractivity contribution is 0.0994. The normalized spacial score (nSPS) is 10.6. The van der Waals surface area contributed by atoms with Gasteiger partial charge in [0, 0.05) is 17.0 Å². The largest absolute Gasteiger partial charge is 0.489 e. The van der Waals surface area contributed by atoms with Gasteiger partial charge in [-0.05, 0) is 48.0 Å². The van der Waals surface area contributed by atoms with Crippen LogP contribution >= 0.6 is 11.6 Å². The molecule has 0 unspecified atom stereocenters. The Morgan fingerprint density at radius 2 is 1.74 bits per heavy atom. The highest BCUT2D eigenvalue weighted by Crippen LogP contribution is 2.27. The zero-order chi connectivity index (χ0) is 21.6. The van der Waals surface area contributed by atoms with Gasteiger partial charge >= 0.3 is 0 Å². The van der Waals surface area contributed by atoms with Gasteiger partial charge in [-0.15, -0.1) is 0 Å². The van der Waals surface area contributed by atoms with Crippen LogP contribution in [0.2, 0.25) is 5.02 Å². The maximum atomic E-state index is 13.8. The van der Waals surface area contributed by atoms with E-state index in [9.17, 15) is 9.18 Å². The van der Waals surface area contributed by atoms with Gasteiger partial charge in [-0.1, -0.05) is 54.1 Å². The van der Waals surface area contributed by atoms with Crippen molar-refractivity contribution in [2.45, 2.75) is 13.0 Å². The maximum Gasteiger partial charge on any atom is 0.291 e. The fourth-order valence-corrected chi connectivity index (χ4v) is 3.29. The summed E-state index contributed by atoms with van der Waals surface area (Å²) in [4.78, 5) is 12.4. The van der Waals surface area contributed by atoms with Crippen molar-refractivity contribution in [2.24, 2.45) is 0 Å². The number of hydrogen-bond donors (Lipinski definition) is 1. The monoisotopic (exact) mass is 435 g/mol. The Kier molecular flexibility index (Phi) is 6.34. The highest BCUT2D eigenvalue weighted by atomic mass is 35.5. The van der Waals surface area contributed by atoms with Crippen LogP contribution in [0.4, 0.5) is 10.1 Å². The fraction of sp³-hybridized carbons (Fsp3) is 0.0800. The van der Waals surface area contributed by atoms with Crippen molar-refractivity contribution in [3.63, 3.8) is 0 Å². The molecule has 3 aromatic carbocycles. The second-order valence-corrected chi connectivity index (χ2v) is 7.34. The predicted octanol–water partition coefficient (Wildman–Crippen LogP) is 6.49. The highest BCUT2D eigenvalue weighted by molar-refractivity contribution is 6.30. The second kappa shape index (κ2) is 9.49. The molecule has 0 radical (unpaired) electrons. The lowest BCUT2D eigenvalue weighted by Crippen LogP contribution is -2.11. The van der Waals surface area contributed by atoms with Crippen molar-refractivity contribution >= 4 is 23.2 Å². The van der Waals surface area contributed by atoms with Gasteiger partial charge in [-0.3, -0.25) is 4.79 Å². The Bertz CT molecular complexity index is 1190. The van der Waals surface area contributed by atoms with Crippen LogP contribution in [-0.4, -0.2) is 5.91 Å². The van der Waals surface area contributed by atoms with Crippen LogP contribution in [0.1, 0.15) is 27.4 Å². The van der Waals surface area contributed by atoms with Crippen LogP contribution in [0.5, 0.6) is 5.75 Å². The number of carbonyl (C=O) groups is 1. The van der Waals surface area contributed by atoms with Crippen molar-refractivity contribution < 1.29 is 18.3 Å². The van der Waals surface area contributed by atoms with Gasteiger partial charge in [0.15, 0.2) is 5.76 Å². The number of carbonyl (C=O) groups excluding carboxylic acids is 1. The highest BCUT2D eigenvalue weighted by Gasteiger charge is 2.15. The minimum Gasteiger partial charge on any atom is -0.489 e. The first-order chi connectivity index (χ1) is 15.1. The summed E-state index contributed by atoms with van der Waals surface area (Å²) >= 11 is 6.18. The molecule has 0 aliphatic carbocycles. The predicted molar refractivity (Wildman–Crippen MR) is 118 cm³/mol. The molecule has 4 rings (SSSR count). The third-order valence-corrected chi connectivity index (χ3v) is 4.87. The van der Waals surface area contributed by atoms with E-state index >= 15 is 0 Å². The van der Waals surface area contributed by atoms with Gasteiger partial charge < -0.3 is 14.5 Å². The van der Waals surface area contributed by atoms with Gasteiger partial charge in [0.2, 0.25) is 0 Å². The van der Waals surface area contributed by atoms with E-state index in [1.165, 1.54) is 12.1 Å². The van der Waals surface area contributed by atoms with Crippen LogP contribution in [0, 0.1) is 5.82 Å². The van der Waals surface area contributed by atoms with Crippen LogP contribution in [0.3, 0.4) is 0 Å². The summed E-state index contributed by atoms with van der Waals surface area (Å²) in [6.07, 6.45) is 0.387. The number of hydrogen-bond acceptors (Lipinski definition) is 3. The van der Waals surface area contributed by atoms with Crippen molar-refractivity contribution in [1.82, 2.24) is 0 Å². The average molecular weight is 436 g/mol. The van der Waals surface area contributed by atoms with Crippen LogP contribution in [0.25, 0.3) is 0 Å². The molecule has 0 spiro atoms. The number of anilines is 1. The van der Waals surface area contributed by atoms with Crippen LogP contribution < -0.4 is 10.1 Å². The quantitative estimate of drug-likeness (QED) is 0.360. The summed E-state index contributed by atoms with van der Waals surface area (Å²) in [5.41, 5.74) is 1.98. The molecule has 31 heavy (non-hydrogen) atoms. The van der Waals surface area contributed by atoms with Crippen molar-refractivity contribution in [3.05, 3.63) is 118 Å². The maximum absolute atomic E-state index is 13.8. The zero-order valence-corrected chi connectivity index (χ0v) is 17.2. The van der Waals surface area contributed by atoms with E-state index in [0.717, 1.165) is 11.1 Å². The summed E-state index contributed by atoms with van der Waals surface area (Å²) in [5, 5.41) is 3.08. The minimum absolute atomic E-state index is 0.0898. The van der Waals surface area contributed by atoms with Crippen molar-refractivity contribution in [2.75, 3.05) is 5.32 Å². The Labute approximate surface area is 184 Å². The van der Waals surface area contributed by atoms with Crippen molar-refractivity contribution in [1.29, 1.82) is 0 Å². The number of rotatable bonds is 7. The van der Waals surface area contributed by atoms with Gasteiger partial charge in [-0.2, -0.15) is 0 Å². The number of amides is 1. The molecular weight excluding hydrogens is 417 g/mol. The zero-order valence-electron chi connectivity index (χ0n) is 16.5. The first-order valence-corrected chi connectivity index (χ1v) is 10.1. The molecule has 156 valence electrons. The standard InChI is InChI=1S/C25H19ClFNO3/c26-19-10-12-23(30-16-17-6-2-1-3-7-17)18(14-19)15-20-11-13-24(31-20)25(29)28-22-9-5-4-8-21(22)27/h1-14H,15-16H2,(H,28,29). The summed E-state index contributed by atoms with van der Waals surface area (Å²) in [7, 11) is 0. The number of nitrogens with one attached hydrogen (secondary N) is 1. The molecule has 0 saturated heterocycles. The third-order valence-electron chi connectivity index (χ3n) is 4.63. The number of furan rings is 1. The molecule has 0 atom stereocenters. The van der Waals surface area contributed by atoms with E-state index in [1.807, 2.05) is 42.5 Å². The molecule has 0 saturated carbocycles. The van der Waals surface area contributed by atoms with Gasteiger partial charge in [-0.25, -0.2) is 4.39 Å². The second-order valence-electron chi connectivity index (χ2n) is 6.90. The SMILES string of the molecule is O=C(Nc1ccccc1F)c1ccc(Cc2cc(Cl)ccc2OCc2ccccc2)o1. The van der Waals surface area contributed by atoms with Crippen LogP contribution in [-0.2, 0) is 13.0 Å². The number of halogens is 2. The molecule has 1 amide bonds. The Morgan fingerprint density at radius 1 is 0.968 bits per heavy atom. The van der Waals surface area contributed by atoms with Crippen LogP contribution in [0.15, 0.2) is 89.3 Å². The first kappa shape index (κ1) is 20.7. The number of benzene rings is 3. The van der Waals surface area contributed by atoms with E-state index < -0.39 is 11.7 Å². The summed E-state index contributed by atoms with van der Waals surface area (Å²) < 4.78 is 25.4. The molecule has 6 heteroatoms. The van der Waals surface area contributed by atoms with E-state index in [0.29, 0.717) is 29.6 Å². The van der Waals surface area contributed by atoms with E-state index in [-0.39, 0.29) is 11.4 Å². The Morgan fingerprint density at radius 3 is 2.55 bits per heavy atom. The van der Waals surface area contributed by atoms with E-state index in [4.69, 9.17) is 20.8 Å². The first-order valence-electron chi connectivity index (χ1n) is 9.68. The van der Waals surface area contributed by atoms with Gasteiger partial charge in [0.25, 0.3) is 5.91 Å². The average Bonchev–Trinajstić information content (AvgIpc) is 3.24.